The molecule has 0 aliphatic carbocycles. The van der Waals surface area contributed by atoms with Crippen LogP contribution >= 0.6 is 0 Å². The van der Waals surface area contributed by atoms with Gasteiger partial charge in [0, 0.05) is 25.0 Å². The highest BCUT2D eigenvalue weighted by molar-refractivity contribution is 5.78. The van der Waals surface area contributed by atoms with Crippen LogP contribution in [-0.4, -0.2) is 36.5 Å². The van der Waals surface area contributed by atoms with E-state index in [0.717, 1.165) is 12.5 Å². The van der Waals surface area contributed by atoms with Crippen molar-refractivity contribution in [3.63, 3.8) is 0 Å². The Hall–Kier alpha value is -0.570. The first-order chi connectivity index (χ1) is 9.56. The van der Waals surface area contributed by atoms with Crippen LogP contribution in [0.15, 0.2) is 0 Å². The lowest BCUT2D eigenvalue weighted by atomic mass is 9.89. The number of amides is 1. The highest BCUT2D eigenvalue weighted by Gasteiger charge is 2.27. The van der Waals surface area contributed by atoms with E-state index in [1.54, 1.807) is 0 Å². The van der Waals surface area contributed by atoms with E-state index < -0.39 is 0 Å². The van der Waals surface area contributed by atoms with E-state index in [9.17, 15) is 4.79 Å². The molecular formula is C17H34N2O. The smallest absolute Gasteiger partial charge is 0.222 e. The van der Waals surface area contributed by atoms with Gasteiger partial charge in [-0.25, -0.2) is 0 Å². The molecule has 0 aromatic rings. The first kappa shape index (κ1) is 17.5. The van der Waals surface area contributed by atoms with Crippen LogP contribution in [-0.2, 0) is 4.79 Å². The maximum Gasteiger partial charge on any atom is 0.222 e. The molecule has 1 N–H and O–H groups in total. The molecule has 1 aliphatic rings. The number of carbonyl (C=O) groups is 1. The number of nitrogens with zero attached hydrogens (tertiary/aromatic N) is 1. The third-order valence-corrected chi connectivity index (χ3v) is 4.28. The van der Waals surface area contributed by atoms with E-state index >= 15 is 0 Å². The molecule has 0 bridgehead atoms. The van der Waals surface area contributed by atoms with Crippen molar-refractivity contribution < 1.29 is 4.79 Å². The summed E-state index contributed by atoms with van der Waals surface area (Å²) >= 11 is 0. The van der Waals surface area contributed by atoms with Crippen molar-refractivity contribution >= 4 is 5.91 Å². The normalized spacial score (nSPS) is 24.1. The fourth-order valence-electron chi connectivity index (χ4n) is 3.04. The average Bonchev–Trinajstić information content (AvgIpc) is 2.42. The summed E-state index contributed by atoms with van der Waals surface area (Å²) in [4.78, 5) is 14.5. The van der Waals surface area contributed by atoms with Gasteiger partial charge in [-0.1, -0.05) is 47.0 Å². The van der Waals surface area contributed by atoms with Crippen LogP contribution in [0, 0.1) is 11.8 Å². The molecule has 0 radical (unpaired) electrons. The van der Waals surface area contributed by atoms with Crippen LogP contribution in [0.3, 0.4) is 0 Å². The lowest BCUT2D eigenvalue weighted by Gasteiger charge is -2.38. The minimum absolute atomic E-state index is 0.0927. The van der Waals surface area contributed by atoms with Crippen LogP contribution in [0.4, 0.5) is 0 Å². The molecule has 0 saturated carbocycles. The minimum atomic E-state index is 0.0927. The van der Waals surface area contributed by atoms with Gasteiger partial charge in [-0.05, 0) is 31.7 Å². The number of likely N-dealkylation sites (tertiary alicyclic amines) is 1. The molecule has 1 fully saturated rings. The number of rotatable bonds is 8. The van der Waals surface area contributed by atoms with E-state index in [1.807, 2.05) is 13.8 Å². The molecule has 1 aliphatic heterocycles. The summed E-state index contributed by atoms with van der Waals surface area (Å²) in [7, 11) is 0. The van der Waals surface area contributed by atoms with Crippen molar-refractivity contribution in [3.8, 4) is 0 Å². The molecular weight excluding hydrogens is 248 g/mol. The molecule has 3 heteroatoms. The summed E-state index contributed by atoms with van der Waals surface area (Å²) in [6, 6.07) is 0.359. The van der Waals surface area contributed by atoms with Gasteiger partial charge in [0.05, 0.1) is 0 Å². The SMILES string of the molecule is CCCCC1CC(NC(=O)C(C)C)CN(CCCC)C1. The van der Waals surface area contributed by atoms with Crippen LogP contribution in [0.5, 0.6) is 0 Å². The highest BCUT2D eigenvalue weighted by atomic mass is 16.1. The third-order valence-electron chi connectivity index (χ3n) is 4.28. The van der Waals surface area contributed by atoms with Crippen molar-refractivity contribution in [1.82, 2.24) is 10.2 Å². The highest BCUT2D eigenvalue weighted by Crippen LogP contribution is 2.22. The summed E-state index contributed by atoms with van der Waals surface area (Å²) in [5.41, 5.74) is 0. The molecule has 0 aromatic heterocycles. The zero-order valence-electron chi connectivity index (χ0n) is 14.0. The van der Waals surface area contributed by atoms with E-state index in [-0.39, 0.29) is 11.8 Å². The lowest BCUT2D eigenvalue weighted by molar-refractivity contribution is -0.125. The van der Waals surface area contributed by atoms with Gasteiger partial charge in [-0.15, -0.1) is 0 Å². The van der Waals surface area contributed by atoms with E-state index in [1.165, 1.54) is 51.6 Å². The summed E-state index contributed by atoms with van der Waals surface area (Å²) in [5.74, 6) is 1.06. The Balaban J connectivity index is 2.51. The number of carbonyl (C=O) groups excluding carboxylic acids is 1. The summed E-state index contributed by atoms with van der Waals surface area (Å²) in [6.07, 6.45) is 7.59. The summed E-state index contributed by atoms with van der Waals surface area (Å²) in [5, 5.41) is 3.25. The Bertz CT molecular complexity index is 262. The summed E-state index contributed by atoms with van der Waals surface area (Å²) in [6.45, 7) is 11.9. The lowest BCUT2D eigenvalue weighted by Crippen LogP contribution is -2.51. The van der Waals surface area contributed by atoms with Crippen molar-refractivity contribution in [2.45, 2.75) is 72.3 Å². The monoisotopic (exact) mass is 282 g/mol. The fraction of sp³-hybridized carbons (Fsp3) is 0.941. The van der Waals surface area contributed by atoms with Gasteiger partial charge >= 0.3 is 0 Å². The molecule has 118 valence electrons. The second-order valence-electron chi connectivity index (χ2n) is 6.72. The quantitative estimate of drug-likeness (QED) is 0.739. The topological polar surface area (TPSA) is 32.3 Å². The molecule has 2 unspecified atom stereocenters. The van der Waals surface area contributed by atoms with Crippen molar-refractivity contribution in [3.05, 3.63) is 0 Å². The number of nitrogens with one attached hydrogen (secondary N) is 1. The van der Waals surface area contributed by atoms with Crippen molar-refractivity contribution in [2.24, 2.45) is 11.8 Å². The molecule has 0 spiro atoms. The second kappa shape index (κ2) is 9.38. The predicted octanol–water partition coefficient (Wildman–Crippen LogP) is 3.44. The van der Waals surface area contributed by atoms with Gasteiger partial charge in [-0.3, -0.25) is 4.79 Å². The largest absolute Gasteiger partial charge is 0.352 e. The van der Waals surface area contributed by atoms with Gasteiger partial charge < -0.3 is 10.2 Å². The van der Waals surface area contributed by atoms with Crippen LogP contribution in [0.1, 0.15) is 66.2 Å². The number of piperidine rings is 1. The van der Waals surface area contributed by atoms with Crippen LogP contribution in [0.25, 0.3) is 0 Å². The minimum Gasteiger partial charge on any atom is -0.352 e. The Morgan fingerprint density at radius 2 is 1.90 bits per heavy atom. The molecule has 0 aromatic carbocycles. The number of unbranched alkanes of at least 4 members (excludes halogenated alkanes) is 2. The van der Waals surface area contributed by atoms with Gasteiger partial charge in [-0.2, -0.15) is 0 Å². The Morgan fingerprint density at radius 1 is 1.20 bits per heavy atom. The van der Waals surface area contributed by atoms with E-state index in [4.69, 9.17) is 0 Å². The molecule has 1 saturated heterocycles. The van der Waals surface area contributed by atoms with Gasteiger partial charge in [0.25, 0.3) is 0 Å². The summed E-state index contributed by atoms with van der Waals surface area (Å²) < 4.78 is 0. The molecule has 20 heavy (non-hydrogen) atoms. The maximum atomic E-state index is 11.9. The average molecular weight is 282 g/mol. The Labute approximate surface area is 125 Å². The van der Waals surface area contributed by atoms with Gasteiger partial charge in [0.2, 0.25) is 5.91 Å². The molecule has 1 rings (SSSR count). The number of hydrogen-bond donors (Lipinski definition) is 1. The Kier molecular flexibility index (Phi) is 8.20. The standard InChI is InChI=1S/C17H34N2O/c1-5-7-9-15-11-16(18-17(20)14(3)4)13-19(12-15)10-8-6-2/h14-16H,5-13H2,1-4H3,(H,18,20). The predicted molar refractivity (Wildman–Crippen MR) is 85.7 cm³/mol. The van der Waals surface area contributed by atoms with E-state index in [2.05, 4.69) is 24.1 Å². The molecule has 1 heterocycles. The fourth-order valence-corrected chi connectivity index (χ4v) is 3.04. The maximum absolute atomic E-state index is 11.9. The van der Waals surface area contributed by atoms with Crippen LogP contribution < -0.4 is 5.32 Å². The van der Waals surface area contributed by atoms with Crippen LogP contribution in [0.2, 0.25) is 0 Å². The van der Waals surface area contributed by atoms with Gasteiger partial charge in [0.1, 0.15) is 0 Å². The second-order valence-corrected chi connectivity index (χ2v) is 6.72. The van der Waals surface area contributed by atoms with Crippen molar-refractivity contribution in [2.75, 3.05) is 19.6 Å². The first-order valence-corrected chi connectivity index (χ1v) is 8.59. The van der Waals surface area contributed by atoms with Gasteiger partial charge in [0.15, 0.2) is 0 Å². The molecule has 2 atom stereocenters. The Morgan fingerprint density at radius 3 is 2.50 bits per heavy atom. The molecule has 3 nitrogen and oxygen atoms in total. The zero-order valence-corrected chi connectivity index (χ0v) is 14.0. The molecule has 1 amide bonds. The van der Waals surface area contributed by atoms with E-state index in [0.29, 0.717) is 6.04 Å². The number of hydrogen-bond acceptors (Lipinski definition) is 2. The zero-order chi connectivity index (χ0) is 15.0. The third kappa shape index (κ3) is 6.25. The van der Waals surface area contributed by atoms with Crippen molar-refractivity contribution in [1.29, 1.82) is 0 Å². The first-order valence-electron chi connectivity index (χ1n) is 8.59.